The topological polar surface area (TPSA) is 64.8 Å². The highest BCUT2D eigenvalue weighted by molar-refractivity contribution is 5.75. The second kappa shape index (κ2) is 6.14. The maximum Gasteiger partial charge on any atom is 0.347 e. The fourth-order valence-corrected chi connectivity index (χ4v) is 1.40. The lowest BCUT2D eigenvalue weighted by molar-refractivity contribution is -0.150. The minimum Gasteiger partial charge on any atom is -0.477 e. The number of ether oxygens (including phenoxy) is 2. The third-order valence-corrected chi connectivity index (χ3v) is 2.44. The number of hydrogen-bond donors (Lipinski definition) is 1. The van der Waals surface area contributed by atoms with Crippen molar-refractivity contribution in [1.82, 2.24) is 0 Å². The predicted molar refractivity (Wildman–Crippen MR) is 71.9 cm³/mol. The average molecular weight is 252 g/mol. The summed E-state index contributed by atoms with van der Waals surface area (Å²) in [6.07, 6.45) is -0.676. The second-order valence-corrected chi connectivity index (χ2v) is 4.13. The fourth-order valence-electron chi connectivity index (χ4n) is 1.40. The van der Waals surface area contributed by atoms with Gasteiger partial charge in [0.1, 0.15) is 5.75 Å². The minimum absolute atomic E-state index is 0.333. The molecule has 1 rings (SSSR count). The van der Waals surface area contributed by atoms with Crippen molar-refractivity contribution in [2.24, 2.45) is 0 Å². The Morgan fingerprint density at radius 2 is 2.11 bits per heavy atom. The number of esters is 1. The molecule has 1 aromatic carbocycles. The number of carbonyl (C=O) groups is 1. The average Bonchev–Trinajstić information content (AvgIpc) is 2.31. The van der Waals surface area contributed by atoms with Gasteiger partial charge >= 0.3 is 5.97 Å². The molecule has 0 aliphatic heterocycles. The van der Waals surface area contributed by atoms with Gasteiger partial charge in [0.2, 0.25) is 0 Å². The van der Waals surface area contributed by atoms with Gasteiger partial charge in [0, 0.05) is 25.8 Å². The zero-order chi connectivity index (χ0) is 13.7. The van der Waals surface area contributed by atoms with Crippen LogP contribution in [0.1, 0.15) is 13.8 Å². The molecule has 0 saturated carbocycles. The standard InChI is InChI=1S/C13H20N2O3/c1-5-17-13(16)9(2)18-12-8-10(15(3)4)6-7-11(12)14/h6-9H,5,14H2,1-4H3. The van der Waals surface area contributed by atoms with E-state index in [-0.39, 0.29) is 0 Å². The van der Waals surface area contributed by atoms with E-state index in [0.717, 1.165) is 5.69 Å². The molecule has 18 heavy (non-hydrogen) atoms. The van der Waals surface area contributed by atoms with Crippen molar-refractivity contribution in [1.29, 1.82) is 0 Å². The van der Waals surface area contributed by atoms with E-state index >= 15 is 0 Å². The third-order valence-electron chi connectivity index (χ3n) is 2.44. The van der Waals surface area contributed by atoms with Gasteiger partial charge in [-0.1, -0.05) is 0 Å². The monoisotopic (exact) mass is 252 g/mol. The molecule has 5 nitrogen and oxygen atoms in total. The number of hydrogen-bond acceptors (Lipinski definition) is 5. The summed E-state index contributed by atoms with van der Waals surface area (Å²) >= 11 is 0. The van der Waals surface area contributed by atoms with E-state index in [9.17, 15) is 4.79 Å². The molecule has 0 fully saturated rings. The van der Waals surface area contributed by atoms with E-state index in [4.69, 9.17) is 15.2 Å². The summed E-state index contributed by atoms with van der Waals surface area (Å²) < 4.78 is 10.4. The SMILES string of the molecule is CCOC(=O)C(C)Oc1cc(N(C)C)ccc1N. The largest absolute Gasteiger partial charge is 0.477 e. The second-order valence-electron chi connectivity index (χ2n) is 4.13. The molecule has 100 valence electrons. The van der Waals surface area contributed by atoms with E-state index in [0.29, 0.717) is 18.0 Å². The van der Waals surface area contributed by atoms with Gasteiger partial charge in [-0.05, 0) is 26.0 Å². The van der Waals surface area contributed by atoms with Crippen molar-refractivity contribution < 1.29 is 14.3 Å². The van der Waals surface area contributed by atoms with Gasteiger partial charge in [0.15, 0.2) is 6.10 Å². The Balaban J connectivity index is 2.83. The van der Waals surface area contributed by atoms with E-state index < -0.39 is 12.1 Å². The predicted octanol–water partition coefficient (Wildman–Crippen LogP) is 1.67. The summed E-state index contributed by atoms with van der Waals surface area (Å²) in [5, 5.41) is 0. The van der Waals surface area contributed by atoms with Crippen molar-refractivity contribution in [2.75, 3.05) is 31.3 Å². The van der Waals surface area contributed by atoms with Crippen LogP contribution in [0.15, 0.2) is 18.2 Å². The summed E-state index contributed by atoms with van der Waals surface area (Å²) in [5.41, 5.74) is 7.27. The van der Waals surface area contributed by atoms with Crippen LogP contribution in [0.2, 0.25) is 0 Å². The summed E-state index contributed by atoms with van der Waals surface area (Å²) in [6, 6.07) is 5.44. The van der Waals surface area contributed by atoms with Gasteiger partial charge in [0.05, 0.1) is 12.3 Å². The summed E-state index contributed by atoms with van der Waals surface area (Å²) in [7, 11) is 3.84. The van der Waals surface area contributed by atoms with Gasteiger partial charge in [-0.3, -0.25) is 0 Å². The zero-order valence-corrected chi connectivity index (χ0v) is 11.3. The smallest absolute Gasteiger partial charge is 0.347 e. The van der Waals surface area contributed by atoms with Crippen molar-refractivity contribution in [3.63, 3.8) is 0 Å². The molecule has 0 spiro atoms. The van der Waals surface area contributed by atoms with Crippen LogP contribution in [0, 0.1) is 0 Å². The fraction of sp³-hybridized carbons (Fsp3) is 0.462. The Bertz CT molecular complexity index is 419. The maximum atomic E-state index is 11.5. The lowest BCUT2D eigenvalue weighted by atomic mass is 10.2. The van der Waals surface area contributed by atoms with E-state index in [1.165, 1.54) is 0 Å². The number of carbonyl (C=O) groups excluding carboxylic acids is 1. The highest BCUT2D eigenvalue weighted by Gasteiger charge is 2.17. The van der Waals surface area contributed by atoms with E-state index in [1.807, 2.05) is 25.1 Å². The molecule has 0 radical (unpaired) electrons. The first-order valence-corrected chi connectivity index (χ1v) is 5.85. The number of rotatable bonds is 5. The van der Waals surface area contributed by atoms with Crippen molar-refractivity contribution in [3.05, 3.63) is 18.2 Å². The number of nitrogen functional groups attached to an aromatic ring is 1. The molecule has 0 aliphatic rings. The number of benzene rings is 1. The summed E-state index contributed by atoms with van der Waals surface area (Å²) in [5.74, 6) is 0.0916. The summed E-state index contributed by atoms with van der Waals surface area (Å²) in [4.78, 5) is 13.4. The lowest BCUT2D eigenvalue weighted by Crippen LogP contribution is -2.26. The maximum absolute atomic E-state index is 11.5. The van der Waals surface area contributed by atoms with Crippen molar-refractivity contribution in [3.8, 4) is 5.75 Å². The highest BCUT2D eigenvalue weighted by atomic mass is 16.6. The first-order valence-electron chi connectivity index (χ1n) is 5.85. The van der Waals surface area contributed by atoms with Crippen molar-refractivity contribution in [2.45, 2.75) is 20.0 Å². The van der Waals surface area contributed by atoms with Gasteiger partial charge in [-0.25, -0.2) is 4.79 Å². The molecule has 0 aliphatic carbocycles. The van der Waals surface area contributed by atoms with Gasteiger partial charge in [-0.15, -0.1) is 0 Å². The molecule has 1 atom stereocenters. The van der Waals surface area contributed by atoms with Gasteiger partial charge in [0.25, 0.3) is 0 Å². The Kier molecular flexibility index (Phi) is 4.83. The third kappa shape index (κ3) is 3.55. The molecule has 2 N–H and O–H groups in total. The van der Waals surface area contributed by atoms with Crippen LogP contribution in [0.4, 0.5) is 11.4 Å². The number of nitrogens with two attached hydrogens (primary N) is 1. The van der Waals surface area contributed by atoms with E-state index in [1.54, 1.807) is 26.0 Å². The van der Waals surface area contributed by atoms with Crippen LogP contribution in [-0.2, 0) is 9.53 Å². The van der Waals surface area contributed by atoms with Crippen LogP contribution >= 0.6 is 0 Å². The van der Waals surface area contributed by atoms with Crippen LogP contribution < -0.4 is 15.4 Å². The Morgan fingerprint density at radius 3 is 2.67 bits per heavy atom. The molecule has 0 saturated heterocycles. The number of nitrogens with zero attached hydrogens (tertiary/aromatic N) is 1. The summed E-state index contributed by atoms with van der Waals surface area (Å²) in [6.45, 7) is 3.73. The van der Waals surface area contributed by atoms with Crippen LogP contribution in [0.3, 0.4) is 0 Å². The first-order chi connectivity index (χ1) is 8.45. The Labute approximate surface area is 107 Å². The molecular formula is C13H20N2O3. The molecule has 0 amide bonds. The quantitative estimate of drug-likeness (QED) is 0.638. The number of anilines is 2. The Hall–Kier alpha value is -1.91. The minimum atomic E-state index is -0.676. The Morgan fingerprint density at radius 1 is 1.44 bits per heavy atom. The zero-order valence-electron chi connectivity index (χ0n) is 11.3. The van der Waals surface area contributed by atoms with Crippen LogP contribution in [-0.4, -0.2) is 32.8 Å². The molecule has 5 heteroatoms. The molecule has 1 unspecified atom stereocenters. The van der Waals surface area contributed by atoms with Gasteiger partial charge < -0.3 is 20.1 Å². The van der Waals surface area contributed by atoms with Crippen LogP contribution in [0.25, 0.3) is 0 Å². The molecule has 0 aromatic heterocycles. The van der Waals surface area contributed by atoms with Gasteiger partial charge in [-0.2, -0.15) is 0 Å². The highest BCUT2D eigenvalue weighted by Crippen LogP contribution is 2.27. The van der Waals surface area contributed by atoms with Crippen molar-refractivity contribution >= 4 is 17.3 Å². The normalized spacial score (nSPS) is 11.8. The molecule has 0 bridgehead atoms. The molecule has 0 heterocycles. The first kappa shape index (κ1) is 14.2. The van der Waals surface area contributed by atoms with Crippen LogP contribution in [0.5, 0.6) is 5.75 Å². The molecular weight excluding hydrogens is 232 g/mol. The lowest BCUT2D eigenvalue weighted by Gasteiger charge is -2.18. The van der Waals surface area contributed by atoms with E-state index in [2.05, 4.69) is 0 Å². The molecule has 1 aromatic rings.